The molecule has 2 aromatic carbocycles. The van der Waals surface area contributed by atoms with E-state index in [1.54, 1.807) is 18.3 Å². The molecule has 40 heavy (non-hydrogen) atoms. The van der Waals surface area contributed by atoms with Crippen molar-refractivity contribution < 1.29 is 14.7 Å². The molecule has 1 unspecified atom stereocenters. The number of unbranched alkanes of at least 4 members (excludes halogenated alkanes) is 1. The zero-order valence-electron chi connectivity index (χ0n) is 23.3. The lowest BCUT2D eigenvalue weighted by atomic mass is 9.87. The van der Waals surface area contributed by atoms with Crippen LogP contribution in [0.2, 0.25) is 0 Å². The summed E-state index contributed by atoms with van der Waals surface area (Å²) in [4.78, 5) is 28.7. The number of amides is 2. The number of primary amides is 1. The summed E-state index contributed by atoms with van der Waals surface area (Å²) in [6, 6.07) is 20.2. The van der Waals surface area contributed by atoms with E-state index in [0.29, 0.717) is 12.8 Å². The molecule has 4 N–H and O–H groups in total. The third-order valence-corrected chi connectivity index (χ3v) is 6.84. The SMILES string of the molecule is CC(C)(C)c1ccc(-n2nc(CCCCC(=O)NC(Cc3ccc(O)cc3)C(N)=O)cc2-c2cccnc2)cc1. The summed E-state index contributed by atoms with van der Waals surface area (Å²) in [5.74, 6) is -0.673. The fourth-order valence-electron chi connectivity index (χ4n) is 4.52. The second-order valence-corrected chi connectivity index (χ2v) is 11.1. The molecule has 0 aliphatic heterocycles. The number of phenols is 1. The highest BCUT2D eigenvalue weighted by molar-refractivity contribution is 5.86. The van der Waals surface area contributed by atoms with E-state index >= 15 is 0 Å². The van der Waals surface area contributed by atoms with E-state index in [1.807, 2.05) is 23.0 Å². The predicted molar refractivity (Wildman–Crippen MR) is 156 cm³/mol. The molecule has 0 saturated carbocycles. The van der Waals surface area contributed by atoms with Gasteiger partial charge in [0.25, 0.3) is 0 Å². The van der Waals surface area contributed by atoms with Gasteiger partial charge in [-0.05, 0) is 78.3 Å². The molecule has 0 bridgehead atoms. The quantitative estimate of drug-likeness (QED) is 0.235. The van der Waals surface area contributed by atoms with E-state index in [2.05, 4.69) is 61.4 Å². The molecule has 0 radical (unpaired) electrons. The Morgan fingerprint density at radius 2 is 1.75 bits per heavy atom. The number of phenolic OH excluding ortho intramolecular Hbond substituents is 1. The summed E-state index contributed by atoms with van der Waals surface area (Å²) < 4.78 is 1.95. The Bertz CT molecular complexity index is 1420. The maximum atomic E-state index is 12.6. The van der Waals surface area contributed by atoms with Gasteiger partial charge >= 0.3 is 0 Å². The van der Waals surface area contributed by atoms with Crippen LogP contribution >= 0.6 is 0 Å². The van der Waals surface area contributed by atoms with Gasteiger partial charge in [-0.1, -0.05) is 45.0 Å². The van der Waals surface area contributed by atoms with Gasteiger partial charge in [0.1, 0.15) is 11.8 Å². The number of hydrogen-bond donors (Lipinski definition) is 3. The average molecular weight is 540 g/mol. The van der Waals surface area contributed by atoms with Crippen LogP contribution < -0.4 is 11.1 Å². The van der Waals surface area contributed by atoms with E-state index in [1.165, 1.54) is 17.7 Å². The normalized spacial score (nSPS) is 12.2. The van der Waals surface area contributed by atoms with E-state index in [0.717, 1.165) is 34.6 Å². The van der Waals surface area contributed by atoms with Gasteiger partial charge in [-0.15, -0.1) is 0 Å². The molecule has 2 heterocycles. The molecule has 8 heteroatoms. The molecular weight excluding hydrogens is 502 g/mol. The number of nitrogens with zero attached hydrogens (tertiary/aromatic N) is 3. The zero-order valence-corrected chi connectivity index (χ0v) is 23.3. The first kappa shape index (κ1) is 28.5. The summed E-state index contributed by atoms with van der Waals surface area (Å²) in [5.41, 5.74) is 11.5. The number of carbonyl (C=O) groups is 2. The van der Waals surface area contributed by atoms with Crippen LogP contribution in [0.4, 0.5) is 0 Å². The molecule has 0 aliphatic carbocycles. The van der Waals surface area contributed by atoms with Gasteiger partial charge in [0, 0.05) is 30.8 Å². The first-order valence-electron chi connectivity index (χ1n) is 13.6. The fraction of sp³-hybridized carbons (Fsp3) is 0.312. The molecule has 0 aliphatic rings. The number of pyridine rings is 1. The van der Waals surface area contributed by atoms with E-state index in [4.69, 9.17) is 10.8 Å². The summed E-state index contributed by atoms with van der Waals surface area (Å²) in [6.45, 7) is 6.58. The van der Waals surface area contributed by atoms with Crippen LogP contribution in [0, 0.1) is 0 Å². The smallest absolute Gasteiger partial charge is 0.240 e. The average Bonchev–Trinajstić information content (AvgIpc) is 3.36. The summed E-state index contributed by atoms with van der Waals surface area (Å²) in [7, 11) is 0. The summed E-state index contributed by atoms with van der Waals surface area (Å²) in [5, 5.41) is 17.1. The van der Waals surface area contributed by atoms with Crippen molar-refractivity contribution in [1.82, 2.24) is 20.1 Å². The molecule has 0 spiro atoms. The number of nitrogens with two attached hydrogens (primary N) is 1. The Hall–Kier alpha value is -4.46. The first-order chi connectivity index (χ1) is 19.1. The molecule has 8 nitrogen and oxygen atoms in total. The van der Waals surface area contributed by atoms with Gasteiger partial charge in [0.05, 0.1) is 17.1 Å². The number of aryl methyl sites for hydroxylation is 1. The number of aromatic hydroxyl groups is 1. The van der Waals surface area contributed by atoms with Crippen molar-refractivity contribution in [1.29, 1.82) is 0 Å². The third-order valence-electron chi connectivity index (χ3n) is 6.84. The molecule has 4 aromatic rings. The standard InChI is InChI=1S/C32H37N5O3/c1-32(2,3)24-12-14-26(15-13-24)37-29(23-7-6-18-34-21-23)20-25(36-37)8-4-5-9-30(39)35-28(31(33)40)19-22-10-16-27(38)17-11-22/h6-7,10-18,20-21,28,38H,4-5,8-9,19H2,1-3H3,(H2,33,40)(H,35,39). The maximum absolute atomic E-state index is 12.6. The van der Waals surface area contributed by atoms with Crippen LogP contribution in [0.15, 0.2) is 79.1 Å². The second kappa shape index (κ2) is 12.6. The first-order valence-corrected chi connectivity index (χ1v) is 13.6. The lowest BCUT2D eigenvalue weighted by molar-refractivity contribution is -0.127. The van der Waals surface area contributed by atoms with E-state index in [-0.39, 0.29) is 29.9 Å². The number of hydrogen-bond acceptors (Lipinski definition) is 5. The molecule has 0 saturated heterocycles. The van der Waals surface area contributed by atoms with Crippen molar-refractivity contribution in [2.75, 3.05) is 0 Å². The molecule has 208 valence electrons. The summed E-state index contributed by atoms with van der Waals surface area (Å²) >= 11 is 0. The minimum absolute atomic E-state index is 0.0647. The zero-order chi connectivity index (χ0) is 28.7. The van der Waals surface area contributed by atoms with Crippen LogP contribution in [0.5, 0.6) is 5.75 Å². The molecule has 0 fully saturated rings. The molecular formula is C32H37N5O3. The fourth-order valence-corrected chi connectivity index (χ4v) is 4.52. The minimum atomic E-state index is -0.806. The number of rotatable bonds is 11. The molecule has 4 rings (SSSR count). The van der Waals surface area contributed by atoms with Crippen LogP contribution in [-0.2, 0) is 27.8 Å². The highest BCUT2D eigenvalue weighted by atomic mass is 16.3. The maximum Gasteiger partial charge on any atom is 0.240 e. The van der Waals surface area contributed by atoms with Crippen LogP contribution in [0.3, 0.4) is 0 Å². The number of benzene rings is 2. The van der Waals surface area contributed by atoms with Crippen LogP contribution in [-0.4, -0.2) is 37.7 Å². The summed E-state index contributed by atoms with van der Waals surface area (Å²) in [6.07, 6.45) is 6.25. The number of aromatic nitrogens is 3. The Kier molecular flexibility index (Phi) is 8.99. The van der Waals surface area contributed by atoms with Crippen LogP contribution in [0.25, 0.3) is 16.9 Å². The molecule has 2 amide bonds. The monoisotopic (exact) mass is 539 g/mol. The third kappa shape index (κ3) is 7.56. The lowest BCUT2D eigenvalue weighted by Crippen LogP contribution is -2.45. The van der Waals surface area contributed by atoms with Gasteiger partial charge in [-0.3, -0.25) is 14.6 Å². The van der Waals surface area contributed by atoms with Crippen LogP contribution in [0.1, 0.15) is 56.9 Å². The minimum Gasteiger partial charge on any atom is -0.508 e. The highest BCUT2D eigenvalue weighted by Gasteiger charge is 2.19. The van der Waals surface area contributed by atoms with Gasteiger partial charge < -0.3 is 16.2 Å². The van der Waals surface area contributed by atoms with Crippen molar-refractivity contribution in [2.24, 2.45) is 5.73 Å². The lowest BCUT2D eigenvalue weighted by Gasteiger charge is -2.19. The Morgan fingerprint density at radius 1 is 1.02 bits per heavy atom. The van der Waals surface area contributed by atoms with Gasteiger partial charge in [0.15, 0.2) is 0 Å². The van der Waals surface area contributed by atoms with Gasteiger partial charge in [0.2, 0.25) is 11.8 Å². The number of carbonyl (C=O) groups excluding carboxylic acids is 2. The van der Waals surface area contributed by atoms with Gasteiger partial charge in [-0.2, -0.15) is 5.10 Å². The topological polar surface area (TPSA) is 123 Å². The van der Waals surface area contributed by atoms with Crippen molar-refractivity contribution in [3.63, 3.8) is 0 Å². The highest BCUT2D eigenvalue weighted by Crippen LogP contribution is 2.27. The Morgan fingerprint density at radius 3 is 2.38 bits per heavy atom. The van der Waals surface area contributed by atoms with Crippen molar-refractivity contribution in [3.05, 3.63) is 95.9 Å². The number of nitrogens with one attached hydrogen (secondary N) is 1. The molecule has 1 atom stereocenters. The van der Waals surface area contributed by atoms with E-state index < -0.39 is 11.9 Å². The predicted octanol–water partition coefficient (Wildman–Crippen LogP) is 4.86. The second-order valence-electron chi connectivity index (χ2n) is 11.1. The van der Waals surface area contributed by atoms with E-state index in [9.17, 15) is 14.7 Å². The molecule has 2 aromatic heterocycles. The largest absolute Gasteiger partial charge is 0.508 e. The Balaban J connectivity index is 1.38. The Labute approximate surface area is 235 Å². The van der Waals surface area contributed by atoms with Crippen molar-refractivity contribution >= 4 is 11.8 Å². The van der Waals surface area contributed by atoms with Crippen molar-refractivity contribution in [3.8, 4) is 22.7 Å². The van der Waals surface area contributed by atoms with Gasteiger partial charge in [-0.25, -0.2) is 4.68 Å². The van der Waals surface area contributed by atoms with Crippen molar-refractivity contribution in [2.45, 2.75) is 64.3 Å².